The van der Waals surface area contributed by atoms with Crippen LogP contribution in [0.25, 0.3) is 0 Å². The van der Waals surface area contributed by atoms with Crippen LogP contribution in [0.4, 0.5) is 0 Å². The maximum atomic E-state index is 12.6. The normalized spacial score (nSPS) is 17.5. The molecule has 1 amide bonds. The van der Waals surface area contributed by atoms with Crippen molar-refractivity contribution >= 4 is 5.91 Å². The molecular formula is C19H25N3O2. The van der Waals surface area contributed by atoms with E-state index < -0.39 is 0 Å². The van der Waals surface area contributed by atoms with E-state index >= 15 is 0 Å². The van der Waals surface area contributed by atoms with Crippen LogP contribution in [0.2, 0.25) is 0 Å². The number of carbonyl (C=O) groups is 1. The highest BCUT2D eigenvalue weighted by Gasteiger charge is 2.29. The van der Waals surface area contributed by atoms with Crippen LogP contribution in [0, 0.1) is 20.8 Å². The molecule has 0 aliphatic carbocycles. The van der Waals surface area contributed by atoms with Gasteiger partial charge in [0.15, 0.2) is 5.82 Å². The fourth-order valence-corrected chi connectivity index (χ4v) is 3.36. The van der Waals surface area contributed by atoms with Crippen LogP contribution in [-0.2, 0) is 11.2 Å². The van der Waals surface area contributed by atoms with Crippen molar-refractivity contribution in [2.45, 2.75) is 58.9 Å². The van der Waals surface area contributed by atoms with Gasteiger partial charge in [-0.25, -0.2) is 0 Å². The first-order valence-electron chi connectivity index (χ1n) is 8.70. The maximum absolute atomic E-state index is 12.6. The van der Waals surface area contributed by atoms with Gasteiger partial charge in [-0.2, -0.15) is 4.98 Å². The summed E-state index contributed by atoms with van der Waals surface area (Å²) >= 11 is 0. The summed E-state index contributed by atoms with van der Waals surface area (Å²) in [6, 6.07) is 6.78. The molecule has 0 bridgehead atoms. The number of rotatable bonds is 5. The Hall–Kier alpha value is -2.17. The van der Waals surface area contributed by atoms with Gasteiger partial charge < -0.3 is 9.42 Å². The number of nitrogens with zero attached hydrogens (tertiary/aromatic N) is 3. The molecule has 5 nitrogen and oxygen atoms in total. The lowest BCUT2D eigenvalue weighted by atomic mass is 9.99. The van der Waals surface area contributed by atoms with Gasteiger partial charge in [0.05, 0.1) is 6.04 Å². The molecule has 1 aliphatic heterocycles. The number of benzene rings is 1. The summed E-state index contributed by atoms with van der Waals surface area (Å²) in [5.74, 6) is 1.49. The molecule has 1 atom stereocenters. The third kappa shape index (κ3) is 3.66. The Labute approximate surface area is 143 Å². The lowest BCUT2D eigenvalue weighted by Crippen LogP contribution is -2.30. The van der Waals surface area contributed by atoms with E-state index in [-0.39, 0.29) is 11.9 Å². The Morgan fingerprint density at radius 1 is 1.29 bits per heavy atom. The first kappa shape index (κ1) is 16.7. The van der Waals surface area contributed by atoms with Gasteiger partial charge in [0.25, 0.3) is 0 Å². The Morgan fingerprint density at radius 2 is 2.12 bits per heavy atom. The molecule has 1 aromatic carbocycles. The van der Waals surface area contributed by atoms with Crippen molar-refractivity contribution in [2.24, 2.45) is 0 Å². The average Bonchev–Trinajstić information content (AvgIpc) is 3.19. The molecule has 24 heavy (non-hydrogen) atoms. The Morgan fingerprint density at radius 3 is 2.83 bits per heavy atom. The van der Waals surface area contributed by atoms with Gasteiger partial charge >= 0.3 is 0 Å². The molecule has 2 aromatic rings. The molecule has 0 spiro atoms. The summed E-state index contributed by atoms with van der Waals surface area (Å²) in [5.41, 5.74) is 3.85. The fraction of sp³-hybridized carbons (Fsp3) is 0.526. The summed E-state index contributed by atoms with van der Waals surface area (Å²) in [5, 5.41) is 3.78. The molecule has 0 unspecified atom stereocenters. The van der Waals surface area contributed by atoms with Crippen LogP contribution in [-0.4, -0.2) is 27.5 Å². The van der Waals surface area contributed by atoms with Gasteiger partial charge in [-0.1, -0.05) is 23.4 Å². The Kier molecular flexibility index (Phi) is 4.97. The monoisotopic (exact) mass is 327 g/mol. The minimum atomic E-state index is 0.224. The minimum Gasteiger partial charge on any atom is -0.339 e. The van der Waals surface area contributed by atoms with E-state index in [1.165, 1.54) is 16.7 Å². The second-order valence-corrected chi connectivity index (χ2v) is 6.68. The molecule has 3 rings (SSSR count). The van der Waals surface area contributed by atoms with Gasteiger partial charge in [0, 0.05) is 19.4 Å². The van der Waals surface area contributed by atoms with E-state index in [0.717, 1.165) is 25.8 Å². The minimum absolute atomic E-state index is 0.224. The largest absolute Gasteiger partial charge is 0.339 e. The topological polar surface area (TPSA) is 59.2 Å². The quantitative estimate of drug-likeness (QED) is 0.840. The lowest BCUT2D eigenvalue weighted by Gasteiger charge is -2.25. The fourth-order valence-electron chi connectivity index (χ4n) is 3.36. The second kappa shape index (κ2) is 7.16. The summed E-state index contributed by atoms with van der Waals surface area (Å²) < 4.78 is 5.10. The number of hydrogen-bond donors (Lipinski definition) is 0. The number of carbonyl (C=O) groups excluding carboxylic acids is 1. The molecule has 1 saturated heterocycles. The van der Waals surface area contributed by atoms with Crippen LogP contribution >= 0.6 is 0 Å². The van der Waals surface area contributed by atoms with Gasteiger partial charge in [0.2, 0.25) is 11.8 Å². The van der Waals surface area contributed by atoms with Crippen LogP contribution in [0.3, 0.4) is 0 Å². The number of likely N-dealkylation sites (tertiary alicyclic amines) is 1. The molecule has 0 saturated carbocycles. The zero-order valence-corrected chi connectivity index (χ0v) is 14.7. The zero-order valence-electron chi connectivity index (χ0n) is 14.7. The van der Waals surface area contributed by atoms with Crippen molar-refractivity contribution in [1.82, 2.24) is 15.0 Å². The first-order chi connectivity index (χ1) is 11.5. The highest BCUT2D eigenvalue weighted by molar-refractivity contribution is 5.77. The van der Waals surface area contributed by atoms with Gasteiger partial charge in [-0.15, -0.1) is 0 Å². The summed E-state index contributed by atoms with van der Waals surface area (Å²) in [6.45, 7) is 6.91. The van der Waals surface area contributed by atoms with E-state index in [9.17, 15) is 4.79 Å². The van der Waals surface area contributed by atoms with Crippen molar-refractivity contribution in [2.75, 3.05) is 6.54 Å². The number of hydrogen-bond acceptors (Lipinski definition) is 4. The van der Waals surface area contributed by atoms with Crippen molar-refractivity contribution in [3.05, 3.63) is 46.6 Å². The molecular weight excluding hydrogens is 302 g/mol. The molecule has 1 aliphatic rings. The second-order valence-electron chi connectivity index (χ2n) is 6.68. The summed E-state index contributed by atoms with van der Waals surface area (Å²) in [6.07, 6.45) is 4.07. The Balaban J connectivity index is 1.59. The van der Waals surface area contributed by atoms with E-state index in [1.807, 2.05) is 4.90 Å². The number of aryl methyl sites for hydroxylation is 4. The summed E-state index contributed by atoms with van der Waals surface area (Å²) in [7, 11) is 0. The standard InChI is InChI=1S/C19H25N3O2/c1-13-9-10-16(12-14(13)2)17-6-5-11-22(17)19(23)8-4-7-18-20-15(3)21-24-18/h9-10,12,17H,4-8,11H2,1-3H3/t17-/m1/s1. The van der Waals surface area contributed by atoms with Crippen molar-refractivity contribution in [3.8, 4) is 0 Å². The molecule has 1 aromatic heterocycles. The molecule has 0 N–H and O–H groups in total. The maximum Gasteiger partial charge on any atom is 0.226 e. The van der Waals surface area contributed by atoms with Crippen LogP contribution < -0.4 is 0 Å². The predicted molar refractivity (Wildman–Crippen MR) is 91.6 cm³/mol. The van der Waals surface area contributed by atoms with E-state index in [0.29, 0.717) is 24.6 Å². The highest BCUT2D eigenvalue weighted by atomic mass is 16.5. The summed E-state index contributed by atoms with van der Waals surface area (Å²) in [4.78, 5) is 18.9. The van der Waals surface area contributed by atoms with E-state index in [1.54, 1.807) is 6.92 Å². The number of aromatic nitrogens is 2. The molecule has 2 heterocycles. The first-order valence-corrected chi connectivity index (χ1v) is 8.70. The molecule has 5 heteroatoms. The molecule has 128 valence electrons. The van der Waals surface area contributed by atoms with Crippen molar-refractivity contribution in [3.63, 3.8) is 0 Å². The van der Waals surface area contributed by atoms with Gasteiger partial charge in [-0.3, -0.25) is 4.79 Å². The molecule has 0 radical (unpaired) electrons. The SMILES string of the molecule is Cc1noc(CCCC(=O)N2CCC[C@@H]2c2ccc(C)c(C)c2)n1. The lowest BCUT2D eigenvalue weighted by molar-refractivity contribution is -0.132. The van der Waals surface area contributed by atoms with E-state index in [2.05, 4.69) is 42.2 Å². The smallest absolute Gasteiger partial charge is 0.226 e. The Bertz CT molecular complexity index is 723. The van der Waals surface area contributed by atoms with Gasteiger partial charge in [-0.05, 0) is 56.7 Å². The number of amides is 1. The predicted octanol–water partition coefficient (Wildman–Crippen LogP) is 3.68. The van der Waals surface area contributed by atoms with Gasteiger partial charge in [0.1, 0.15) is 0 Å². The van der Waals surface area contributed by atoms with Crippen LogP contribution in [0.1, 0.15) is 60.1 Å². The van der Waals surface area contributed by atoms with Crippen LogP contribution in [0.5, 0.6) is 0 Å². The molecule has 1 fully saturated rings. The third-order valence-electron chi connectivity index (χ3n) is 4.84. The average molecular weight is 327 g/mol. The highest BCUT2D eigenvalue weighted by Crippen LogP contribution is 2.33. The van der Waals surface area contributed by atoms with Crippen molar-refractivity contribution in [1.29, 1.82) is 0 Å². The third-order valence-corrected chi connectivity index (χ3v) is 4.84. The van der Waals surface area contributed by atoms with Crippen molar-refractivity contribution < 1.29 is 9.32 Å². The van der Waals surface area contributed by atoms with E-state index in [4.69, 9.17) is 4.52 Å². The zero-order chi connectivity index (χ0) is 17.1. The van der Waals surface area contributed by atoms with Crippen LogP contribution in [0.15, 0.2) is 22.7 Å².